The molecular formula is C28H32N4O2. The lowest BCUT2D eigenvalue weighted by Gasteiger charge is -2.42. The molecule has 1 fully saturated rings. The number of guanidine groups is 1. The normalized spacial score (nSPS) is 16.4. The number of rotatable bonds is 6. The fourth-order valence-electron chi connectivity index (χ4n) is 4.35. The Morgan fingerprint density at radius 2 is 1.82 bits per heavy atom. The molecule has 1 saturated heterocycles. The van der Waals surface area contributed by atoms with E-state index in [1.807, 2.05) is 24.3 Å². The van der Waals surface area contributed by atoms with Crippen molar-refractivity contribution in [2.24, 2.45) is 4.99 Å². The van der Waals surface area contributed by atoms with E-state index in [1.54, 1.807) is 18.2 Å². The molecule has 3 aromatic carbocycles. The molecule has 0 radical (unpaired) electrons. The van der Waals surface area contributed by atoms with Gasteiger partial charge in [-0.2, -0.15) is 0 Å². The molecule has 0 saturated carbocycles. The van der Waals surface area contributed by atoms with E-state index in [0.717, 1.165) is 37.7 Å². The van der Waals surface area contributed by atoms with Crippen LogP contribution < -0.4 is 10.2 Å². The summed E-state index contributed by atoms with van der Waals surface area (Å²) in [4.78, 5) is 21.1. The number of carboxylic acids is 1. The minimum Gasteiger partial charge on any atom is -0.478 e. The summed E-state index contributed by atoms with van der Waals surface area (Å²) in [5.41, 5.74) is 4.74. The molecule has 0 aromatic heterocycles. The van der Waals surface area contributed by atoms with E-state index in [4.69, 9.17) is 4.99 Å². The summed E-state index contributed by atoms with van der Waals surface area (Å²) in [6.07, 6.45) is 0.847. The lowest BCUT2D eigenvalue weighted by atomic mass is 10.1. The lowest BCUT2D eigenvalue weighted by molar-refractivity contribution is 0.0697. The third-order valence-corrected chi connectivity index (χ3v) is 6.13. The highest BCUT2D eigenvalue weighted by atomic mass is 16.4. The first-order valence-corrected chi connectivity index (χ1v) is 11.8. The summed E-state index contributed by atoms with van der Waals surface area (Å²) in [5, 5.41) is 12.8. The van der Waals surface area contributed by atoms with Crippen LogP contribution in [0.3, 0.4) is 0 Å². The highest BCUT2D eigenvalue weighted by Gasteiger charge is 2.26. The second-order valence-corrected chi connectivity index (χ2v) is 8.78. The number of nitrogens with zero attached hydrogens (tertiary/aromatic N) is 3. The number of nitrogens with one attached hydrogen (secondary N) is 1. The maximum Gasteiger partial charge on any atom is 0.335 e. The van der Waals surface area contributed by atoms with Gasteiger partial charge in [0.05, 0.1) is 5.56 Å². The number of carbonyl (C=O) groups is 1. The van der Waals surface area contributed by atoms with Crippen LogP contribution in [0.1, 0.15) is 28.4 Å². The van der Waals surface area contributed by atoms with Gasteiger partial charge in [0.1, 0.15) is 0 Å². The summed E-state index contributed by atoms with van der Waals surface area (Å²) in [6.45, 7) is 7.55. The van der Waals surface area contributed by atoms with Crippen molar-refractivity contribution in [1.82, 2.24) is 4.90 Å². The molecule has 1 aliphatic heterocycles. The van der Waals surface area contributed by atoms with Gasteiger partial charge in [-0.05, 0) is 61.7 Å². The zero-order valence-electron chi connectivity index (χ0n) is 19.8. The van der Waals surface area contributed by atoms with E-state index < -0.39 is 5.97 Å². The molecule has 6 nitrogen and oxygen atoms in total. The number of hydrogen-bond acceptors (Lipinski definition) is 3. The molecule has 1 atom stereocenters. The molecule has 1 aliphatic rings. The summed E-state index contributed by atoms with van der Waals surface area (Å²) in [5.74, 6) is -0.152. The number of benzene rings is 3. The molecule has 1 heterocycles. The van der Waals surface area contributed by atoms with Crippen molar-refractivity contribution >= 4 is 23.3 Å². The summed E-state index contributed by atoms with van der Waals surface area (Å²) in [7, 11) is 0. The lowest BCUT2D eigenvalue weighted by Crippen LogP contribution is -2.55. The van der Waals surface area contributed by atoms with Crippen LogP contribution in [0, 0.1) is 6.92 Å². The molecule has 0 spiro atoms. The Morgan fingerprint density at radius 3 is 2.56 bits per heavy atom. The van der Waals surface area contributed by atoms with Gasteiger partial charge in [-0.1, -0.05) is 48.5 Å². The molecule has 6 heteroatoms. The van der Waals surface area contributed by atoms with Gasteiger partial charge in [-0.25, -0.2) is 4.79 Å². The molecule has 0 unspecified atom stereocenters. The van der Waals surface area contributed by atoms with Crippen LogP contribution in [-0.4, -0.2) is 54.2 Å². The molecule has 4 rings (SSSR count). The highest BCUT2D eigenvalue weighted by molar-refractivity contribution is 5.96. The Hall–Kier alpha value is -3.80. The topological polar surface area (TPSA) is 68.2 Å². The van der Waals surface area contributed by atoms with E-state index in [0.29, 0.717) is 12.6 Å². The van der Waals surface area contributed by atoms with E-state index in [-0.39, 0.29) is 5.56 Å². The van der Waals surface area contributed by atoms with Gasteiger partial charge in [0.15, 0.2) is 5.96 Å². The van der Waals surface area contributed by atoms with Crippen molar-refractivity contribution in [3.05, 3.63) is 95.6 Å². The number of hydrogen-bond donors (Lipinski definition) is 2. The molecular weight excluding hydrogens is 424 g/mol. The smallest absolute Gasteiger partial charge is 0.335 e. The minimum atomic E-state index is -0.938. The zero-order valence-corrected chi connectivity index (χ0v) is 19.8. The Morgan fingerprint density at radius 1 is 1.03 bits per heavy atom. The first kappa shape index (κ1) is 23.4. The molecule has 34 heavy (non-hydrogen) atoms. The van der Waals surface area contributed by atoms with Gasteiger partial charge in [-0.15, -0.1) is 0 Å². The molecule has 0 bridgehead atoms. The standard InChI is InChI=1S/C28H32N4O2/c1-21-8-6-13-26(18-21)32-17-16-31(20-22(32)2)28(29-15-14-23-9-4-3-5-10-23)30-25-12-7-11-24(19-25)27(33)34/h3-13,18-19,22H,14-17,20H2,1-2H3,(H,29,30)(H,33,34)/t22-/m1/s1. The van der Waals surface area contributed by atoms with Crippen LogP contribution in [0.2, 0.25) is 0 Å². The third kappa shape index (κ3) is 5.95. The van der Waals surface area contributed by atoms with Crippen molar-refractivity contribution < 1.29 is 9.90 Å². The van der Waals surface area contributed by atoms with E-state index in [2.05, 4.69) is 65.4 Å². The number of carboxylic acid groups (broad SMARTS) is 1. The SMILES string of the molecule is Cc1cccc(N2CCN(C(=NCCc3ccccc3)Nc3cccc(C(=O)O)c3)C[C@H]2C)c1. The molecule has 2 N–H and O–H groups in total. The van der Waals surface area contributed by atoms with Crippen LogP contribution in [-0.2, 0) is 6.42 Å². The first-order valence-electron chi connectivity index (χ1n) is 11.8. The average molecular weight is 457 g/mol. The Balaban J connectivity index is 1.52. The van der Waals surface area contributed by atoms with Gasteiger partial charge in [0.25, 0.3) is 0 Å². The number of aryl methyl sites for hydroxylation is 1. The predicted octanol–water partition coefficient (Wildman–Crippen LogP) is 4.91. The molecule has 0 amide bonds. The minimum absolute atomic E-state index is 0.256. The predicted molar refractivity (Wildman–Crippen MR) is 139 cm³/mol. The van der Waals surface area contributed by atoms with Crippen LogP contribution in [0.25, 0.3) is 0 Å². The van der Waals surface area contributed by atoms with Crippen molar-refractivity contribution in [1.29, 1.82) is 0 Å². The van der Waals surface area contributed by atoms with Crippen molar-refractivity contribution in [2.45, 2.75) is 26.3 Å². The van der Waals surface area contributed by atoms with Crippen LogP contribution in [0.15, 0.2) is 83.9 Å². The van der Waals surface area contributed by atoms with E-state index >= 15 is 0 Å². The van der Waals surface area contributed by atoms with Gasteiger partial charge in [-0.3, -0.25) is 4.99 Å². The maximum atomic E-state index is 11.4. The van der Waals surface area contributed by atoms with Crippen molar-refractivity contribution in [3.8, 4) is 0 Å². The molecule has 176 valence electrons. The number of piperazine rings is 1. The summed E-state index contributed by atoms with van der Waals surface area (Å²) < 4.78 is 0. The van der Waals surface area contributed by atoms with Crippen LogP contribution in [0.4, 0.5) is 11.4 Å². The first-order chi connectivity index (χ1) is 16.5. The van der Waals surface area contributed by atoms with Gasteiger partial charge >= 0.3 is 5.97 Å². The second-order valence-electron chi connectivity index (χ2n) is 8.78. The quantitative estimate of drug-likeness (QED) is 0.407. The van der Waals surface area contributed by atoms with Crippen LogP contribution in [0.5, 0.6) is 0 Å². The highest BCUT2D eigenvalue weighted by Crippen LogP contribution is 2.22. The number of anilines is 2. The van der Waals surface area contributed by atoms with E-state index in [1.165, 1.54) is 16.8 Å². The van der Waals surface area contributed by atoms with Crippen molar-refractivity contribution in [3.63, 3.8) is 0 Å². The molecule has 3 aromatic rings. The number of aliphatic imine (C=N–C) groups is 1. The Kier molecular flexibility index (Phi) is 7.48. The molecule has 0 aliphatic carbocycles. The Labute approximate surface area is 201 Å². The van der Waals surface area contributed by atoms with Crippen molar-refractivity contribution in [2.75, 3.05) is 36.4 Å². The van der Waals surface area contributed by atoms with Gasteiger partial charge in [0.2, 0.25) is 0 Å². The average Bonchev–Trinajstić information content (AvgIpc) is 2.84. The Bertz CT molecular complexity index is 1150. The summed E-state index contributed by atoms with van der Waals surface area (Å²) >= 11 is 0. The third-order valence-electron chi connectivity index (χ3n) is 6.13. The van der Waals surface area contributed by atoms with Gasteiger partial charge in [0, 0.05) is 43.6 Å². The second kappa shape index (κ2) is 10.9. The fraction of sp³-hybridized carbons (Fsp3) is 0.286. The van der Waals surface area contributed by atoms with E-state index in [9.17, 15) is 9.90 Å². The van der Waals surface area contributed by atoms with Crippen LogP contribution >= 0.6 is 0 Å². The zero-order chi connectivity index (χ0) is 23.9. The summed E-state index contributed by atoms with van der Waals surface area (Å²) in [6, 6.07) is 26.2. The van der Waals surface area contributed by atoms with Gasteiger partial charge < -0.3 is 20.2 Å². The largest absolute Gasteiger partial charge is 0.478 e. The monoisotopic (exact) mass is 456 g/mol. The maximum absolute atomic E-state index is 11.4. The fourth-order valence-corrected chi connectivity index (χ4v) is 4.35. The number of aromatic carboxylic acids is 1.